The van der Waals surface area contributed by atoms with Crippen molar-refractivity contribution in [3.8, 4) is 0 Å². The van der Waals surface area contributed by atoms with Gasteiger partial charge in [-0.3, -0.25) is 9.88 Å². The zero-order valence-corrected chi connectivity index (χ0v) is 11.5. The maximum atomic E-state index is 4.53. The van der Waals surface area contributed by atoms with E-state index in [0.717, 1.165) is 0 Å². The molecular formula is C14H22N2S. The predicted molar refractivity (Wildman–Crippen MR) is 75.4 cm³/mol. The number of hydrogen-bond donors (Lipinski definition) is 0. The second kappa shape index (κ2) is 7.02. The van der Waals surface area contributed by atoms with E-state index in [9.17, 15) is 0 Å². The van der Waals surface area contributed by atoms with Gasteiger partial charge in [-0.1, -0.05) is 12.5 Å². The van der Waals surface area contributed by atoms with Crippen LogP contribution in [0.1, 0.15) is 37.4 Å². The van der Waals surface area contributed by atoms with Crippen LogP contribution in [0, 0.1) is 0 Å². The summed E-state index contributed by atoms with van der Waals surface area (Å²) in [5.74, 6) is 1.27. The maximum absolute atomic E-state index is 4.53. The third kappa shape index (κ3) is 3.71. The van der Waals surface area contributed by atoms with Crippen molar-refractivity contribution in [2.24, 2.45) is 0 Å². The summed E-state index contributed by atoms with van der Waals surface area (Å²) in [6.45, 7) is 2.47. The summed E-state index contributed by atoms with van der Waals surface area (Å²) in [6, 6.07) is 6.85. The van der Waals surface area contributed by atoms with E-state index < -0.39 is 0 Å². The number of nitrogens with zero attached hydrogens (tertiary/aromatic N) is 2. The molecule has 1 aromatic heterocycles. The van der Waals surface area contributed by atoms with Crippen molar-refractivity contribution in [3.63, 3.8) is 0 Å². The lowest BCUT2D eigenvalue weighted by molar-refractivity contribution is 0.146. The molecule has 1 atom stereocenters. The van der Waals surface area contributed by atoms with Gasteiger partial charge < -0.3 is 0 Å². The van der Waals surface area contributed by atoms with Crippen molar-refractivity contribution in [2.75, 3.05) is 25.1 Å². The lowest BCUT2D eigenvalue weighted by atomic mass is 9.98. The van der Waals surface area contributed by atoms with Crippen LogP contribution < -0.4 is 0 Å². The van der Waals surface area contributed by atoms with Crippen LogP contribution in [0.5, 0.6) is 0 Å². The van der Waals surface area contributed by atoms with Crippen LogP contribution in [0.25, 0.3) is 0 Å². The fourth-order valence-corrected chi connectivity index (χ4v) is 3.00. The number of piperidine rings is 1. The molecule has 2 rings (SSSR count). The molecule has 0 bridgehead atoms. The van der Waals surface area contributed by atoms with E-state index in [1.54, 1.807) is 0 Å². The summed E-state index contributed by atoms with van der Waals surface area (Å²) >= 11 is 1.94. The van der Waals surface area contributed by atoms with Crippen LogP contribution in [0.3, 0.4) is 0 Å². The fourth-order valence-electron chi connectivity index (χ4n) is 2.58. The molecule has 3 heteroatoms. The van der Waals surface area contributed by atoms with Crippen molar-refractivity contribution < 1.29 is 0 Å². The SMILES string of the molecule is CSCCCN1CCCC[C@H]1c1ccccn1. The molecular weight excluding hydrogens is 228 g/mol. The van der Waals surface area contributed by atoms with Gasteiger partial charge in [-0.25, -0.2) is 0 Å². The molecule has 1 aromatic rings. The summed E-state index contributed by atoms with van der Waals surface area (Å²) in [7, 11) is 0. The van der Waals surface area contributed by atoms with E-state index >= 15 is 0 Å². The fraction of sp³-hybridized carbons (Fsp3) is 0.643. The molecule has 0 N–H and O–H groups in total. The highest BCUT2D eigenvalue weighted by Crippen LogP contribution is 2.29. The molecule has 94 valence electrons. The van der Waals surface area contributed by atoms with Gasteiger partial charge in [0.1, 0.15) is 0 Å². The Labute approximate surface area is 109 Å². The number of rotatable bonds is 5. The van der Waals surface area contributed by atoms with Gasteiger partial charge >= 0.3 is 0 Å². The highest BCUT2D eigenvalue weighted by Gasteiger charge is 2.23. The minimum atomic E-state index is 0.562. The van der Waals surface area contributed by atoms with Crippen LogP contribution in [-0.4, -0.2) is 35.0 Å². The van der Waals surface area contributed by atoms with Crippen LogP contribution in [0.4, 0.5) is 0 Å². The van der Waals surface area contributed by atoms with E-state index in [1.807, 2.05) is 24.0 Å². The Hall–Kier alpha value is -0.540. The Morgan fingerprint density at radius 1 is 1.41 bits per heavy atom. The quantitative estimate of drug-likeness (QED) is 0.745. The van der Waals surface area contributed by atoms with Crippen LogP contribution >= 0.6 is 11.8 Å². The normalized spacial score (nSPS) is 21.6. The smallest absolute Gasteiger partial charge is 0.0575 e. The number of likely N-dealkylation sites (tertiary alicyclic amines) is 1. The Kier molecular flexibility index (Phi) is 5.33. The first-order valence-corrected chi connectivity index (χ1v) is 7.95. The van der Waals surface area contributed by atoms with E-state index in [4.69, 9.17) is 0 Å². The molecule has 2 nitrogen and oxygen atoms in total. The van der Waals surface area contributed by atoms with E-state index in [0.29, 0.717) is 6.04 Å². The lowest BCUT2D eigenvalue weighted by Gasteiger charge is -2.35. The zero-order valence-electron chi connectivity index (χ0n) is 10.6. The molecule has 17 heavy (non-hydrogen) atoms. The first-order chi connectivity index (χ1) is 8.42. The van der Waals surface area contributed by atoms with Crippen molar-refractivity contribution in [3.05, 3.63) is 30.1 Å². The van der Waals surface area contributed by atoms with Crippen LogP contribution in [0.15, 0.2) is 24.4 Å². The summed E-state index contributed by atoms with van der Waals surface area (Å²) < 4.78 is 0. The summed E-state index contributed by atoms with van der Waals surface area (Å²) in [5.41, 5.74) is 1.26. The van der Waals surface area contributed by atoms with Crippen LogP contribution in [0.2, 0.25) is 0 Å². The zero-order chi connectivity index (χ0) is 11.9. The van der Waals surface area contributed by atoms with E-state index in [2.05, 4.69) is 28.3 Å². The molecule has 0 amide bonds. The van der Waals surface area contributed by atoms with Crippen LogP contribution in [-0.2, 0) is 0 Å². The average Bonchev–Trinajstić information content (AvgIpc) is 2.41. The van der Waals surface area contributed by atoms with Gasteiger partial charge in [0.05, 0.1) is 11.7 Å². The molecule has 1 saturated heterocycles. The van der Waals surface area contributed by atoms with Crippen molar-refractivity contribution >= 4 is 11.8 Å². The second-order valence-electron chi connectivity index (χ2n) is 4.65. The topological polar surface area (TPSA) is 16.1 Å². The molecule has 0 spiro atoms. The third-order valence-corrected chi connectivity index (χ3v) is 4.13. The predicted octanol–water partition coefficient (Wildman–Crippen LogP) is 3.36. The summed E-state index contributed by atoms with van der Waals surface area (Å²) in [5, 5.41) is 0. The highest BCUT2D eigenvalue weighted by atomic mass is 32.2. The van der Waals surface area contributed by atoms with Gasteiger partial charge in [-0.05, 0) is 56.5 Å². The molecule has 0 aromatic carbocycles. The van der Waals surface area contributed by atoms with Crippen molar-refractivity contribution in [2.45, 2.75) is 31.7 Å². The standard InChI is InChI=1S/C14H22N2S/c1-17-12-6-11-16-10-5-3-8-14(16)13-7-2-4-9-15-13/h2,4,7,9,14H,3,5-6,8,10-12H2,1H3/t14-/m0/s1. The van der Waals surface area contributed by atoms with Crippen molar-refractivity contribution in [1.29, 1.82) is 0 Å². The first-order valence-electron chi connectivity index (χ1n) is 6.55. The Bertz CT molecular complexity index is 315. The van der Waals surface area contributed by atoms with E-state index in [-0.39, 0.29) is 0 Å². The number of aromatic nitrogens is 1. The third-order valence-electron chi connectivity index (χ3n) is 3.44. The number of thioether (sulfide) groups is 1. The van der Waals surface area contributed by atoms with Gasteiger partial charge in [0, 0.05) is 6.20 Å². The minimum Gasteiger partial charge on any atom is -0.295 e. The minimum absolute atomic E-state index is 0.562. The molecule has 2 heterocycles. The lowest BCUT2D eigenvalue weighted by Crippen LogP contribution is -2.34. The molecule has 0 unspecified atom stereocenters. The summed E-state index contributed by atoms with van der Waals surface area (Å²) in [6.07, 6.45) is 9.38. The largest absolute Gasteiger partial charge is 0.295 e. The molecule has 0 radical (unpaired) electrons. The molecule has 1 aliphatic rings. The van der Waals surface area contributed by atoms with E-state index in [1.165, 1.54) is 50.2 Å². The van der Waals surface area contributed by atoms with Gasteiger partial charge in [0.25, 0.3) is 0 Å². The van der Waals surface area contributed by atoms with Gasteiger partial charge in [0.15, 0.2) is 0 Å². The summed E-state index contributed by atoms with van der Waals surface area (Å²) in [4.78, 5) is 7.16. The molecule has 0 aliphatic carbocycles. The monoisotopic (exact) mass is 250 g/mol. The molecule has 0 saturated carbocycles. The van der Waals surface area contributed by atoms with Gasteiger partial charge in [-0.2, -0.15) is 11.8 Å². The number of pyridine rings is 1. The van der Waals surface area contributed by atoms with Gasteiger partial charge in [-0.15, -0.1) is 0 Å². The molecule has 1 aliphatic heterocycles. The highest BCUT2D eigenvalue weighted by molar-refractivity contribution is 7.98. The second-order valence-corrected chi connectivity index (χ2v) is 5.63. The Balaban J connectivity index is 1.97. The Morgan fingerprint density at radius 3 is 3.12 bits per heavy atom. The maximum Gasteiger partial charge on any atom is 0.0575 e. The Morgan fingerprint density at radius 2 is 2.35 bits per heavy atom. The molecule has 1 fully saturated rings. The number of hydrogen-bond acceptors (Lipinski definition) is 3. The van der Waals surface area contributed by atoms with Gasteiger partial charge in [0.2, 0.25) is 0 Å². The first kappa shape index (κ1) is 12.9. The van der Waals surface area contributed by atoms with Crippen molar-refractivity contribution in [1.82, 2.24) is 9.88 Å². The average molecular weight is 250 g/mol.